The molecule has 0 spiro atoms. The number of benzene rings is 2. The van der Waals surface area contributed by atoms with Crippen molar-refractivity contribution >= 4 is 10.0 Å². The Morgan fingerprint density at radius 1 is 1.05 bits per heavy atom. The molecule has 2 aromatic carbocycles. The van der Waals surface area contributed by atoms with Crippen molar-refractivity contribution in [3.8, 4) is 0 Å². The molecule has 4 heteroatoms. The molecule has 0 N–H and O–H groups in total. The average molecular weight is 300 g/mol. The highest BCUT2D eigenvalue weighted by molar-refractivity contribution is 7.89. The highest BCUT2D eigenvalue weighted by Gasteiger charge is 2.30. The summed E-state index contributed by atoms with van der Waals surface area (Å²) < 4.78 is 27.0. The zero-order valence-electron chi connectivity index (χ0n) is 11.8. The maximum atomic E-state index is 12.7. The van der Waals surface area contributed by atoms with E-state index in [1.165, 1.54) is 0 Å². The number of hydrogen-bond acceptors (Lipinski definition) is 2. The van der Waals surface area contributed by atoms with Crippen molar-refractivity contribution in [3.05, 3.63) is 66.2 Å². The van der Waals surface area contributed by atoms with Gasteiger partial charge in [-0.3, -0.25) is 0 Å². The smallest absolute Gasteiger partial charge is 0.207 e. The molecule has 1 aliphatic heterocycles. The Balaban J connectivity index is 1.84. The lowest BCUT2D eigenvalue weighted by atomic mass is 9.92. The molecule has 3 nitrogen and oxygen atoms in total. The van der Waals surface area contributed by atoms with E-state index < -0.39 is 10.0 Å². The van der Waals surface area contributed by atoms with Gasteiger partial charge >= 0.3 is 0 Å². The Labute approximate surface area is 126 Å². The van der Waals surface area contributed by atoms with Crippen LogP contribution in [-0.4, -0.2) is 25.8 Å². The summed E-state index contributed by atoms with van der Waals surface area (Å²) >= 11 is 0. The molecule has 1 aliphatic rings. The van der Waals surface area contributed by atoms with E-state index in [9.17, 15) is 8.42 Å². The molecule has 0 aliphatic carbocycles. The molecule has 0 aromatic heterocycles. The summed E-state index contributed by atoms with van der Waals surface area (Å²) in [6.45, 7) is 1.14. The third kappa shape index (κ3) is 3.01. The summed E-state index contributed by atoms with van der Waals surface area (Å²) in [5.74, 6) is 0.235. The van der Waals surface area contributed by atoms with Crippen LogP contribution in [0.2, 0.25) is 0 Å². The molecule has 1 heterocycles. The summed E-state index contributed by atoms with van der Waals surface area (Å²) in [5.41, 5.74) is 1.10. The molecule has 1 radical (unpaired) electrons. The fourth-order valence-corrected chi connectivity index (χ4v) is 4.36. The lowest BCUT2D eigenvalue weighted by Crippen LogP contribution is -2.39. The zero-order valence-corrected chi connectivity index (χ0v) is 12.6. The van der Waals surface area contributed by atoms with Crippen LogP contribution < -0.4 is 0 Å². The summed E-state index contributed by atoms with van der Waals surface area (Å²) in [4.78, 5) is 0.377. The molecule has 1 atom stereocenters. The molecule has 0 amide bonds. The van der Waals surface area contributed by atoms with Crippen LogP contribution >= 0.6 is 0 Å². The minimum absolute atomic E-state index is 0.235. The van der Waals surface area contributed by atoms with Crippen molar-refractivity contribution < 1.29 is 8.42 Å². The van der Waals surface area contributed by atoms with Crippen LogP contribution in [0, 0.1) is 6.07 Å². The van der Waals surface area contributed by atoms with Gasteiger partial charge < -0.3 is 0 Å². The lowest BCUT2D eigenvalue weighted by molar-refractivity contribution is 0.315. The van der Waals surface area contributed by atoms with Crippen molar-refractivity contribution in [2.75, 3.05) is 13.1 Å². The lowest BCUT2D eigenvalue weighted by Gasteiger charge is -2.32. The first kappa shape index (κ1) is 14.3. The van der Waals surface area contributed by atoms with Gasteiger partial charge in [-0.2, -0.15) is 4.31 Å². The Kier molecular flexibility index (Phi) is 4.08. The van der Waals surface area contributed by atoms with E-state index in [-0.39, 0.29) is 5.92 Å². The van der Waals surface area contributed by atoms with Crippen molar-refractivity contribution in [3.63, 3.8) is 0 Å². The summed E-state index contributed by atoms with van der Waals surface area (Å²) in [7, 11) is -3.38. The van der Waals surface area contributed by atoms with E-state index in [0.717, 1.165) is 18.4 Å². The second-order valence-electron chi connectivity index (χ2n) is 5.33. The van der Waals surface area contributed by atoms with Crippen molar-refractivity contribution in [1.29, 1.82) is 0 Å². The first-order valence-corrected chi connectivity index (χ1v) is 8.64. The fraction of sp³-hybridized carbons (Fsp3) is 0.294. The van der Waals surface area contributed by atoms with Gasteiger partial charge in [-0.1, -0.05) is 42.5 Å². The topological polar surface area (TPSA) is 37.4 Å². The van der Waals surface area contributed by atoms with Gasteiger partial charge in [-0.05, 0) is 42.5 Å². The molecule has 0 bridgehead atoms. The third-order valence-electron chi connectivity index (χ3n) is 3.94. The highest BCUT2D eigenvalue weighted by atomic mass is 32.2. The molecular weight excluding hydrogens is 282 g/mol. The van der Waals surface area contributed by atoms with E-state index in [1.807, 2.05) is 30.3 Å². The van der Waals surface area contributed by atoms with E-state index in [2.05, 4.69) is 6.07 Å². The van der Waals surface area contributed by atoms with Gasteiger partial charge in [0, 0.05) is 13.1 Å². The van der Waals surface area contributed by atoms with Gasteiger partial charge in [0.05, 0.1) is 4.90 Å². The van der Waals surface area contributed by atoms with Gasteiger partial charge in [0.2, 0.25) is 10.0 Å². The Morgan fingerprint density at radius 2 is 1.81 bits per heavy atom. The second-order valence-corrected chi connectivity index (χ2v) is 7.27. The normalized spacial score (nSPS) is 20.3. The standard InChI is InChI=1S/C17H18NO2S/c19-21(20,17-11-5-2-6-12-17)18-13-7-10-16(14-18)15-8-3-1-4-9-15/h1-6,8,11-12,16H,7,10,13-14H2. The molecule has 109 valence electrons. The summed E-state index contributed by atoms with van der Waals surface area (Å²) in [5, 5.41) is 0. The molecule has 1 fully saturated rings. The predicted octanol–water partition coefficient (Wildman–Crippen LogP) is 3.06. The summed E-state index contributed by atoms with van der Waals surface area (Å²) in [6.07, 6.45) is 1.90. The maximum Gasteiger partial charge on any atom is 0.243 e. The van der Waals surface area contributed by atoms with Crippen LogP contribution in [-0.2, 0) is 10.0 Å². The average Bonchev–Trinajstić information content (AvgIpc) is 2.57. The van der Waals surface area contributed by atoms with Crippen molar-refractivity contribution in [2.45, 2.75) is 23.7 Å². The van der Waals surface area contributed by atoms with E-state index in [4.69, 9.17) is 0 Å². The number of sulfonamides is 1. The largest absolute Gasteiger partial charge is 0.243 e. The number of hydrogen-bond donors (Lipinski definition) is 0. The minimum Gasteiger partial charge on any atom is -0.207 e. The SMILES string of the molecule is O=S(=O)(c1ccccc1)N1CCCC(c2[c]cccc2)C1. The minimum atomic E-state index is -3.38. The molecular formula is C17H18NO2S. The van der Waals surface area contributed by atoms with E-state index in [0.29, 0.717) is 18.0 Å². The predicted molar refractivity (Wildman–Crippen MR) is 82.5 cm³/mol. The van der Waals surface area contributed by atoms with Gasteiger partial charge in [-0.25, -0.2) is 8.42 Å². The monoisotopic (exact) mass is 300 g/mol. The van der Waals surface area contributed by atoms with Crippen molar-refractivity contribution in [2.24, 2.45) is 0 Å². The second kappa shape index (κ2) is 6.00. The Hall–Kier alpha value is -1.65. The number of piperidine rings is 1. The van der Waals surface area contributed by atoms with Crippen LogP contribution in [0.5, 0.6) is 0 Å². The van der Waals surface area contributed by atoms with Crippen LogP contribution in [0.4, 0.5) is 0 Å². The number of nitrogens with zero attached hydrogens (tertiary/aromatic N) is 1. The van der Waals surface area contributed by atoms with Gasteiger partial charge in [0.15, 0.2) is 0 Å². The highest BCUT2D eigenvalue weighted by Crippen LogP contribution is 2.29. The van der Waals surface area contributed by atoms with Gasteiger partial charge in [0.25, 0.3) is 0 Å². The molecule has 3 rings (SSSR count). The Bertz CT molecular complexity index is 683. The van der Waals surface area contributed by atoms with Crippen LogP contribution in [0.15, 0.2) is 59.5 Å². The van der Waals surface area contributed by atoms with Crippen LogP contribution in [0.3, 0.4) is 0 Å². The van der Waals surface area contributed by atoms with Crippen molar-refractivity contribution in [1.82, 2.24) is 4.31 Å². The van der Waals surface area contributed by atoms with Crippen LogP contribution in [0.1, 0.15) is 24.3 Å². The molecule has 2 aromatic rings. The van der Waals surface area contributed by atoms with Crippen LogP contribution in [0.25, 0.3) is 0 Å². The first-order valence-electron chi connectivity index (χ1n) is 7.20. The maximum absolute atomic E-state index is 12.7. The van der Waals surface area contributed by atoms with E-state index in [1.54, 1.807) is 28.6 Å². The fourth-order valence-electron chi connectivity index (χ4n) is 2.82. The summed E-state index contributed by atoms with van der Waals surface area (Å²) in [6, 6.07) is 19.7. The zero-order chi connectivity index (χ0) is 14.7. The first-order chi connectivity index (χ1) is 10.2. The van der Waals surface area contributed by atoms with Gasteiger partial charge in [0.1, 0.15) is 0 Å². The third-order valence-corrected chi connectivity index (χ3v) is 5.82. The van der Waals surface area contributed by atoms with Gasteiger partial charge in [-0.15, -0.1) is 0 Å². The molecule has 21 heavy (non-hydrogen) atoms. The molecule has 0 saturated carbocycles. The number of rotatable bonds is 3. The molecule has 1 saturated heterocycles. The quantitative estimate of drug-likeness (QED) is 0.873. The Morgan fingerprint density at radius 3 is 2.52 bits per heavy atom. The molecule has 1 unspecified atom stereocenters. The van der Waals surface area contributed by atoms with E-state index >= 15 is 0 Å².